The van der Waals surface area contributed by atoms with E-state index in [0.29, 0.717) is 30.6 Å². The molecular formula is C21H29N3O6S. The lowest BCUT2D eigenvalue weighted by molar-refractivity contribution is -0.126. The molecule has 2 unspecified atom stereocenters. The van der Waals surface area contributed by atoms with E-state index in [4.69, 9.17) is 9.47 Å². The molecule has 0 bridgehead atoms. The Morgan fingerprint density at radius 2 is 1.94 bits per heavy atom. The maximum absolute atomic E-state index is 13.0. The lowest BCUT2D eigenvalue weighted by atomic mass is 9.86. The number of ether oxygens (including phenoxy) is 2. The molecule has 3 aliphatic rings. The second-order valence-electron chi connectivity index (χ2n) is 8.35. The number of carbonyl (C=O) groups is 2. The van der Waals surface area contributed by atoms with Crippen molar-refractivity contribution in [3.63, 3.8) is 0 Å². The van der Waals surface area contributed by atoms with Crippen LogP contribution in [0.15, 0.2) is 23.1 Å². The summed E-state index contributed by atoms with van der Waals surface area (Å²) in [5, 5.41) is 3.05. The van der Waals surface area contributed by atoms with Gasteiger partial charge in [0.2, 0.25) is 15.9 Å². The standard InChI is InChI=1S/C21H29N3O6S/c1-15-4-2-3-5-17(15)22-20(25)13-24-18-12-16(6-7-19(18)30-14-21(24)26)31(27,28)23-8-10-29-11-9-23/h6-7,12,15,17H,2-5,8-11,13-14H2,1H3,(H,22,25). The maximum Gasteiger partial charge on any atom is 0.265 e. The van der Waals surface area contributed by atoms with Crippen LogP contribution in [-0.2, 0) is 24.3 Å². The predicted octanol–water partition coefficient (Wildman–Crippen LogP) is 1.13. The Labute approximate surface area is 182 Å². The molecule has 0 aromatic heterocycles. The average molecular weight is 452 g/mol. The third-order valence-corrected chi connectivity index (χ3v) is 8.14. The van der Waals surface area contributed by atoms with Crippen molar-refractivity contribution in [3.05, 3.63) is 18.2 Å². The molecular weight excluding hydrogens is 422 g/mol. The number of benzene rings is 1. The molecule has 1 aliphatic carbocycles. The number of anilines is 1. The Morgan fingerprint density at radius 1 is 1.19 bits per heavy atom. The molecule has 0 radical (unpaired) electrons. The molecule has 1 aromatic carbocycles. The van der Waals surface area contributed by atoms with E-state index in [0.717, 1.165) is 19.3 Å². The van der Waals surface area contributed by atoms with Crippen molar-refractivity contribution in [1.82, 2.24) is 9.62 Å². The van der Waals surface area contributed by atoms with Crippen LogP contribution in [0.2, 0.25) is 0 Å². The lowest BCUT2D eigenvalue weighted by Gasteiger charge is -2.32. The number of carbonyl (C=O) groups excluding carboxylic acids is 2. The summed E-state index contributed by atoms with van der Waals surface area (Å²) in [6.07, 6.45) is 4.26. The molecule has 4 rings (SSSR count). The molecule has 1 N–H and O–H groups in total. The molecule has 10 heteroatoms. The van der Waals surface area contributed by atoms with Gasteiger partial charge in [0, 0.05) is 19.1 Å². The number of sulfonamides is 1. The Kier molecular flexibility index (Phi) is 6.49. The Morgan fingerprint density at radius 3 is 2.68 bits per heavy atom. The predicted molar refractivity (Wildman–Crippen MR) is 113 cm³/mol. The first-order valence-electron chi connectivity index (χ1n) is 10.8. The van der Waals surface area contributed by atoms with Crippen LogP contribution in [0.25, 0.3) is 0 Å². The van der Waals surface area contributed by atoms with Crippen LogP contribution in [-0.4, -0.2) is 70.0 Å². The van der Waals surface area contributed by atoms with Gasteiger partial charge in [-0.05, 0) is 37.0 Å². The largest absolute Gasteiger partial charge is 0.482 e. The zero-order chi connectivity index (χ0) is 22.0. The van der Waals surface area contributed by atoms with E-state index in [2.05, 4.69) is 12.2 Å². The fraction of sp³-hybridized carbons (Fsp3) is 0.619. The van der Waals surface area contributed by atoms with Crippen LogP contribution >= 0.6 is 0 Å². The number of nitrogens with zero attached hydrogens (tertiary/aromatic N) is 2. The summed E-state index contributed by atoms with van der Waals surface area (Å²) in [6, 6.07) is 4.54. The van der Waals surface area contributed by atoms with Gasteiger partial charge in [0.15, 0.2) is 6.61 Å². The van der Waals surface area contributed by atoms with Crippen molar-refractivity contribution in [1.29, 1.82) is 0 Å². The first-order valence-corrected chi connectivity index (χ1v) is 12.2. The molecule has 1 aromatic rings. The van der Waals surface area contributed by atoms with E-state index >= 15 is 0 Å². The zero-order valence-corrected chi connectivity index (χ0v) is 18.5. The number of morpholine rings is 1. The molecule has 2 atom stereocenters. The molecule has 2 heterocycles. The summed E-state index contributed by atoms with van der Waals surface area (Å²) >= 11 is 0. The molecule has 0 spiro atoms. The van der Waals surface area contributed by atoms with Crippen molar-refractivity contribution in [2.45, 2.75) is 43.5 Å². The van der Waals surface area contributed by atoms with Crippen LogP contribution in [0.1, 0.15) is 32.6 Å². The molecule has 2 amide bonds. The van der Waals surface area contributed by atoms with Crippen LogP contribution in [0.3, 0.4) is 0 Å². The van der Waals surface area contributed by atoms with E-state index in [9.17, 15) is 18.0 Å². The topological polar surface area (TPSA) is 105 Å². The number of hydrogen-bond donors (Lipinski definition) is 1. The van der Waals surface area contributed by atoms with Gasteiger partial charge < -0.3 is 14.8 Å². The minimum absolute atomic E-state index is 0.0674. The second kappa shape index (κ2) is 9.13. The van der Waals surface area contributed by atoms with E-state index in [1.54, 1.807) is 6.07 Å². The molecule has 1 saturated carbocycles. The number of nitrogens with one attached hydrogen (secondary N) is 1. The van der Waals surface area contributed by atoms with Crippen LogP contribution in [0.5, 0.6) is 5.75 Å². The summed E-state index contributed by atoms with van der Waals surface area (Å²) in [6.45, 7) is 3.02. The molecule has 2 fully saturated rings. The molecule has 1 saturated heterocycles. The summed E-state index contributed by atoms with van der Waals surface area (Å²) in [7, 11) is -3.74. The third kappa shape index (κ3) is 4.70. The first-order chi connectivity index (χ1) is 14.9. The van der Waals surface area contributed by atoms with E-state index in [1.807, 2.05) is 0 Å². The van der Waals surface area contributed by atoms with Gasteiger partial charge in [-0.2, -0.15) is 4.31 Å². The Bertz CT molecular complexity index is 944. The molecule has 170 valence electrons. The summed E-state index contributed by atoms with van der Waals surface area (Å²) < 4.78 is 38.1. The maximum atomic E-state index is 13.0. The van der Waals surface area contributed by atoms with E-state index in [-0.39, 0.29) is 49.0 Å². The number of rotatable bonds is 5. The van der Waals surface area contributed by atoms with Gasteiger partial charge in [0.05, 0.1) is 23.8 Å². The number of amides is 2. The highest BCUT2D eigenvalue weighted by atomic mass is 32.2. The summed E-state index contributed by atoms with van der Waals surface area (Å²) in [5.74, 6) is 0.164. The normalized spacial score (nSPS) is 24.9. The molecule has 31 heavy (non-hydrogen) atoms. The highest BCUT2D eigenvalue weighted by Crippen LogP contribution is 2.35. The van der Waals surface area contributed by atoms with Crippen molar-refractivity contribution in [2.75, 3.05) is 44.4 Å². The summed E-state index contributed by atoms with van der Waals surface area (Å²) in [4.78, 5) is 26.7. The summed E-state index contributed by atoms with van der Waals surface area (Å²) in [5.41, 5.74) is 0.303. The van der Waals surface area contributed by atoms with Crippen molar-refractivity contribution >= 4 is 27.5 Å². The van der Waals surface area contributed by atoms with Crippen molar-refractivity contribution in [2.24, 2.45) is 5.92 Å². The van der Waals surface area contributed by atoms with Gasteiger partial charge >= 0.3 is 0 Å². The average Bonchev–Trinajstić information content (AvgIpc) is 2.77. The van der Waals surface area contributed by atoms with E-state index in [1.165, 1.54) is 27.8 Å². The lowest BCUT2D eigenvalue weighted by Crippen LogP contribution is -2.49. The molecule has 9 nitrogen and oxygen atoms in total. The van der Waals surface area contributed by atoms with Crippen molar-refractivity contribution < 1.29 is 27.5 Å². The number of fused-ring (bicyclic) bond motifs is 1. The van der Waals surface area contributed by atoms with Crippen LogP contribution in [0.4, 0.5) is 5.69 Å². The van der Waals surface area contributed by atoms with Gasteiger partial charge in [-0.15, -0.1) is 0 Å². The van der Waals surface area contributed by atoms with Crippen LogP contribution in [0, 0.1) is 5.92 Å². The monoisotopic (exact) mass is 451 g/mol. The van der Waals surface area contributed by atoms with E-state index < -0.39 is 10.0 Å². The van der Waals surface area contributed by atoms with Gasteiger partial charge in [-0.25, -0.2) is 8.42 Å². The van der Waals surface area contributed by atoms with Gasteiger partial charge in [-0.3, -0.25) is 14.5 Å². The second-order valence-corrected chi connectivity index (χ2v) is 10.3. The van der Waals surface area contributed by atoms with Gasteiger partial charge in [0.25, 0.3) is 5.91 Å². The molecule has 2 aliphatic heterocycles. The fourth-order valence-corrected chi connectivity index (χ4v) is 5.81. The SMILES string of the molecule is CC1CCCCC1NC(=O)CN1C(=O)COc2ccc(S(=O)(=O)N3CCOCC3)cc21. The van der Waals surface area contributed by atoms with Crippen LogP contribution < -0.4 is 15.0 Å². The highest BCUT2D eigenvalue weighted by molar-refractivity contribution is 7.89. The van der Waals surface area contributed by atoms with Crippen molar-refractivity contribution in [3.8, 4) is 5.75 Å². The third-order valence-electron chi connectivity index (χ3n) is 6.24. The minimum Gasteiger partial charge on any atom is -0.482 e. The number of hydrogen-bond acceptors (Lipinski definition) is 6. The van der Waals surface area contributed by atoms with Gasteiger partial charge in [-0.1, -0.05) is 19.8 Å². The zero-order valence-electron chi connectivity index (χ0n) is 17.7. The Balaban J connectivity index is 1.54. The minimum atomic E-state index is -3.74. The quantitative estimate of drug-likeness (QED) is 0.720. The van der Waals surface area contributed by atoms with Gasteiger partial charge in [0.1, 0.15) is 12.3 Å². The first kappa shape index (κ1) is 22.0. The fourth-order valence-electron chi connectivity index (χ4n) is 4.38. The smallest absolute Gasteiger partial charge is 0.265 e. The highest BCUT2D eigenvalue weighted by Gasteiger charge is 2.32. The Hall–Kier alpha value is -2.17.